The van der Waals surface area contributed by atoms with E-state index in [2.05, 4.69) is 21.2 Å². The minimum atomic E-state index is -1.69. The maximum absolute atomic E-state index is 13.4. The van der Waals surface area contributed by atoms with Crippen LogP contribution in [0.25, 0.3) is 0 Å². The van der Waals surface area contributed by atoms with Crippen molar-refractivity contribution in [2.24, 2.45) is 0 Å². The number of carbonyl (C=O) groups is 2. The minimum absolute atomic E-state index is 0.462. The summed E-state index contributed by atoms with van der Waals surface area (Å²) in [5.41, 5.74) is -0.0769. The van der Waals surface area contributed by atoms with Crippen molar-refractivity contribution in [3.05, 3.63) is 58.3 Å². The van der Waals surface area contributed by atoms with Gasteiger partial charge < -0.3 is 10.6 Å². The van der Waals surface area contributed by atoms with Gasteiger partial charge in [0, 0.05) is 4.47 Å². The summed E-state index contributed by atoms with van der Waals surface area (Å²) >= 11 is 3.23. The highest BCUT2D eigenvalue weighted by Crippen LogP contribution is 2.22. The van der Waals surface area contributed by atoms with Crippen molar-refractivity contribution in [2.75, 3.05) is 10.6 Å². The fourth-order valence-corrected chi connectivity index (χ4v) is 2.10. The number of hydrogen-bond donors (Lipinski definition) is 2. The average molecular weight is 387 g/mol. The SMILES string of the molecule is O=C(CC(=O)Nc1ccc(F)c(F)c1F)Nc1ccccc1Br. The van der Waals surface area contributed by atoms with E-state index in [9.17, 15) is 22.8 Å². The molecular weight excluding hydrogens is 377 g/mol. The molecule has 0 fully saturated rings. The number of anilines is 2. The predicted octanol–water partition coefficient (Wildman–Crippen LogP) is 3.83. The summed E-state index contributed by atoms with van der Waals surface area (Å²) in [5.74, 6) is -6.09. The number of halogens is 4. The van der Waals surface area contributed by atoms with Crippen LogP contribution in [0.1, 0.15) is 6.42 Å². The van der Waals surface area contributed by atoms with Crippen LogP contribution in [0.15, 0.2) is 40.9 Å². The highest BCUT2D eigenvalue weighted by Gasteiger charge is 2.17. The molecule has 0 radical (unpaired) electrons. The second-order valence-electron chi connectivity index (χ2n) is 4.48. The van der Waals surface area contributed by atoms with Crippen molar-refractivity contribution in [3.63, 3.8) is 0 Å². The lowest BCUT2D eigenvalue weighted by molar-refractivity contribution is -0.123. The van der Waals surface area contributed by atoms with Gasteiger partial charge in [0.25, 0.3) is 0 Å². The quantitative estimate of drug-likeness (QED) is 0.619. The van der Waals surface area contributed by atoms with Gasteiger partial charge in [-0.1, -0.05) is 12.1 Å². The van der Waals surface area contributed by atoms with Crippen molar-refractivity contribution < 1.29 is 22.8 Å². The Kier molecular flexibility index (Phi) is 5.38. The molecule has 2 aromatic carbocycles. The Labute approximate surface area is 137 Å². The Bertz CT molecular complexity index is 768. The lowest BCUT2D eigenvalue weighted by Crippen LogP contribution is -2.22. The van der Waals surface area contributed by atoms with E-state index in [1.807, 2.05) is 5.32 Å². The summed E-state index contributed by atoms with van der Waals surface area (Å²) in [7, 11) is 0. The molecule has 0 saturated heterocycles. The third-order valence-corrected chi connectivity index (χ3v) is 3.47. The topological polar surface area (TPSA) is 58.2 Å². The highest BCUT2D eigenvalue weighted by molar-refractivity contribution is 9.10. The van der Waals surface area contributed by atoms with E-state index in [1.165, 1.54) is 0 Å². The van der Waals surface area contributed by atoms with Crippen LogP contribution in [0.3, 0.4) is 0 Å². The normalized spacial score (nSPS) is 10.3. The number of benzene rings is 2. The van der Waals surface area contributed by atoms with Gasteiger partial charge in [0.05, 0.1) is 11.4 Å². The van der Waals surface area contributed by atoms with Gasteiger partial charge in [-0.15, -0.1) is 0 Å². The monoisotopic (exact) mass is 386 g/mol. The van der Waals surface area contributed by atoms with Crippen LogP contribution >= 0.6 is 15.9 Å². The number of carbonyl (C=O) groups excluding carboxylic acids is 2. The number of amides is 2. The van der Waals surface area contributed by atoms with Crippen LogP contribution in [0.5, 0.6) is 0 Å². The Morgan fingerprint density at radius 1 is 0.870 bits per heavy atom. The van der Waals surface area contributed by atoms with Gasteiger partial charge in [-0.2, -0.15) is 0 Å². The van der Waals surface area contributed by atoms with E-state index in [4.69, 9.17) is 0 Å². The van der Waals surface area contributed by atoms with Gasteiger partial charge in [-0.05, 0) is 40.2 Å². The molecule has 4 nitrogen and oxygen atoms in total. The second kappa shape index (κ2) is 7.28. The highest BCUT2D eigenvalue weighted by atomic mass is 79.9. The molecule has 8 heteroatoms. The average Bonchev–Trinajstić information content (AvgIpc) is 2.50. The van der Waals surface area contributed by atoms with Gasteiger partial charge in [-0.3, -0.25) is 9.59 Å². The fourth-order valence-electron chi connectivity index (χ4n) is 1.72. The zero-order valence-electron chi connectivity index (χ0n) is 11.5. The molecule has 0 spiro atoms. The molecule has 0 aromatic heterocycles. The second-order valence-corrected chi connectivity index (χ2v) is 5.33. The van der Waals surface area contributed by atoms with Crippen LogP contribution in [0.4, 0.5) is 24.5 Å². The van der Waals surface area contributed by atoms with Crippen LogP contribution in [0.2, 0.25) is 0 Å². The molecule has 2 aromatic rings. The largest absolute Gasteiger partial charge is 0.325 e. The van der Waals surface area contributed by atoms with E-state index in [1.54, 1.807) is 24.3 Å². The van der Waals surface area contributed by atoms with E-state index >= 15 is 0 Å². The van der Waals surface area contributed by atoms with Crippen molar-refractivity contribution in [1.29, 1.82) is 0 Å². The smallest absolute Gasteiger partial charge is 0.233 e. The van der Waals surface area contributed by atoms with Crippen LogP contribution in [0, 0.1) is 17.5 Å². The molecule has 0 aliphatic heterocycles. The third kappa shape index (κ3) is 4.32. The predicted molar refractivity (Wildman–Crippen MR) is 82.3 cm³/mol. The standard InChI is InChI=1S/C15H10BrF3N2O2/c16-8-3-1-2-4-10(8)20-12(22)7-13(23)21-11-6-5-9(17)14(18)15(11)19/h1-6H,7H2,(H,20,22)(H,21,23). The summed E-state index contributed by atoms with van der Waals surface area (Å²) in [6.45, 7) is 0. The van der Waals surface area contributed by atoms with Gasteiger partial charge in [-0.25, -0.2) is 13.2 Å². The van der Waals surface area contributed by atoms with Gasteiger partial charge >= 0.3 is 0 Å². The van der Waals surface area contributed by atoms with E-state index in [-0.39, 0.29) is 0 Å². The summed E-state index contributed by atoms with van der Waals surface area (Å²) in [6.07, 6.45) is -0.611. The van der Waals surface area contributed by atoms with Crippen molar-refractivity contribution >= 4 is 39.1 Å². The maximum Gasteiger partial charge on any atom is 0.233 e. The molecular formula is C15H10BrF3N2O2. The molecule has 0 saturated carbocycles. The minimum Gasteiger partial charge on any atom is -0.325 e. The van der Waals surface area contributed by atoms with E-state index in [0.29, 0.717) is 16.2 Å². The Balaban J connectivity index is 1.99. The van der Waals surface area contributed by atoms with Crippen molar-refractivity contribution in [2.45, 2.75) is 6.42 Å². The molecule has 0 atom stereocenters. The molecule has 23 heavy (non-hydrogen) atoms. The van der Waals surface area contributed by atoms with Crippen molar-refractivity contribution in [1.82, 2.24) is 0 Å². The molecule has 2 N–H and O–H groups in total. The summed E-state index contributed by atoms with van der Waals surface area (Å²) in [5, 5.41) is 4.50. The number of para-hydroxylation sites is 1. The first-order chi connectivity index (χ1) is 10.9. The fraction of sp³-hybridized carbons (Fsp3) is 0.0667. The van der Waals surface area contributed by atoms with Gasteiger partial charge in [0.1, 0.15) is 6.42 Å². The molecule has 0 heterocycles. The first-order valence-corrected chi connectivity index (χ1v) is 7.15. The Morgan fingerprint density at radius 2 is 1.48 bits per heavy atom. The van der Waals surface area contributed by atoms with Gasteiger partial charge in [0.15, 0.2) is 17.5 Å². The van der Waals surface area contributed by atoms with Gasteiger partial charge in [0.2, 0.25) is 11.8 Å². The number of rotatable bonds is 4. The third-order valence-electron chi connectivity index (χ3n) is 2.78. The van der Waals surface area contributed by atoms with Crippen molar-refractivity contribution in [3.8, 4) is 0 Å². The Morgan fingerprint density at radius 3 is 2.13 bits per heavy atom. The Hall–Kier alpha value is -2.35. The lowest BCUT2D eigenvalue weighted by atomic mass is 10.2. The molecule has 2 rings (SSSR count). The summed E-state index contributed by atoms with van der Waals surface area (Å²) in [4.78, 5) is 23.4. The first kappa shape index (κ1) is 17.0. The molecule has 0 bridgehead atoms. The zero-order chi connectivity index (χ0) is 17.0. The zero-order valence-corrected chi connectivity index (χ0v) is 13.1. The van der Waals surface area contributed by atoms with Crippen LogP contribution in [-0.4, -0.2) is 11.8 Å². The molecule has 120 valence electrons. The van der Waals surface area contributed by atoms with Crippen LogP contribution in [-0.2, 0) is 9.59 Å². The molecule has 2 amide bonds. The number of hydrogen-bond acceptors (Lipinski definition) is 2. The summed E-state index contributed by atoms with van der Waals surface area (Å²) in [6, 6.07) is 8.31. The maximum atomic E-state index is 13.4. The lowest BCUT2D eigenvalue weighted by Gasteiger charge is -2.09. The molecule has 0 unspecified atom stereocenters. The van der Waals surface area contributed by atoms with Crippen LogP contribution < -0.4 is 10.6 Å². The first-order valence-electron chi connectivity index (χ1n) is 6.36. The summed E-state index contributed by atoms with van der Waals surface area (Å²) < 4.78 is 39.9. The van der Waals surface area contributed by atoms with E-state index in [0.717, 1.165) is 6.07 Å². The molecule has 0 aliphatic rings. The van der Waals surface area contributed by atoms with E-state index < -0.39 is 41.4 Å². The molecule has 0 aliphatic carbocycles. The number of nitrogens with one attached hydrogen (secondary N) is 2.